The van der Waals surface area contributed by atoms with Crippen LogP contribution in [-0.2, 0) is 29.1 Å². The summed E-state index contributed by atoms with van der Waals surface area (Å²) in [6.07, 6.45) is 0.195. The number of amides is 2. The van der Waals surface area contributed by atoms with Crippen molar-refractivity contribution < 1.29 is 14.3 Å². The molecule has 3 rings (SSSR count). The quantitative estimate of drug-likeness (QED) is 0.517. The monoisotopic (exact) mass is 450 g/mol. The SMILES string of the molecule is COc1ccc(CNC(=O)[C@H](C)N(Cc2ccccc2)C(=O)Cc2ccc(Cl)cc2)cc1. The van der Waals surface area contributed by atoms with Crippen LogP contribution in [0, 0.1) is 0 Å². The van der Waals surface area contributed by atoms with Crippen LogP contribution in [0.4, 0.5) is 0 Å². The Bertz CT molecular complexity index is 1020. The molecule has 0 bridgehead atoms. The van der Waals surface area contributed by atoms with Crippen molar-refractivity contribution in [1.29, 1.82) is 0 Å². The zero-order valence-electron chi connectivity index (χ0n) is 18.3. The van der Waals surface area contributed by atoms with Crippen molar-refractivity contribution in [2.75, 3.05) is 7.11 Å². The second-order valence-electron chi connectivity index (χ2n) is 7.55. The van der Waals surface area contributed by atoms with Crippen LogP contribution in [0.15, 0.2) is 78.9 Å². The molecule has 0 unspecified atom stereocenters. The fourth-order valence-electron chi connectivity index (χ4n) is 3.32. The molecular formula is C26H27ClN2O3. The van der Waals surface area contributed by atoms with Crippen LogP contribution >= 0.6 is 11.6 Å². The first-order valence-electron chi connectivity index (χ1n) is 10.4. The van der Waals surface area contributed by atoms with Gasteiger partial charge in [0.05, 0.1) is 13.5 Å². The molecule has 0 aromatic heterocycles. The highest BCUT2D eigenvalue weighted by Gasteiger charge is 2.26. The maximum atomic E-state index is 13.2. The average molecular weight is 451 g/mol. The zero-order valence-corrected chi connectivity index (χ0v) is 19.0. The average Bonchev–Trinajstić information content (AvgIpc) is 2.83. The number of rotatable bonds is 9. The van der Waals surface area contributed by atoms with Gasteiger partial charge < -0.3 is 15.0 Å². The predicted octanol–water partition coefficient (Wildman–Crippen LogP) is 4.62. The molecule has 3 aromatic carbocycles. The van der Waals surface area contributed by atoms with E-state index in [0.29, 0.717) is 18.1 Å². The van der Waals surface area contributed by atoms with Gasteiger partial charge >= 0.3 is 0 Å². The van der Waals surface area contributed by atoms with Gasteiger partial charge in [-0.25, -0.2) is 0 Å². The lowest BCUT2D eigenvalue weighted by Crippen LogP contribution is -2.47. The second kappa shape index (κ2) is 11.3. The number of ether oxygens (including phenoxy) is 1. The summed E-state index contributed by atoms with van der Waals surface area (Å²) in [5, 5.41) is 3.56. The highest BCUT2D eigenvalue weighted by molar-refractivity contribution is 6.30. The molecule has 1 atom stereocenters. The minimum Gasteiger partial charge on any atom is -0.497 e. The summed E-state index contributed by atoms with van der Waals surface area (Å²) in [6.45, 7) is 2.48. The van der Waals surface area contributed by atoms with E-state index < -0.39 is 6.04 Å². The van der Waals surface area contributed by atoms with Crippen molar-refractivity contribution in [2.24, 2.45) is 0 Å². The highest BCUT2D eigenvalue weighted by atomic mass is 35.5. The van der Waals surface area contributed by atoms with Crippen LogP contribution in [-0.4, -0.2) is 29.9 Å². The molecule has 0 aliphatic carbocycles. The lowest BCUT2D eigenvalue weighted by Gasteiger charge is -2.29. The van der Waals surface area contributed by atoms with Crippen molar-refractivity contribution in [2.45, 2.75) is 32.5 Å². The number of methoxy groups -OCH3 is 1. The van der Waals surface area contributed by atoms with Gasteiger partial charge in [-0.1, -0.05) is 66.2 Å². The molecule has 3 aromatic rings. The van der Waals surface area contributed by atoms with Gasteiger partial charge in [-0.05, 0) is 47.9 Å². The van der Waals surface area contributed by atoms with Crippen molar-refractivity contribution in [3.63, 3.8) is 0 Å². The number of benzene rings is 3. The van der Waals surface area contributed by atoms with Crippen LogP contribution in [0.5, 0.6) is 5.75 Å². The van der Waals surface area contributed by atoms with Gasteiger partial charge in [0.1, 0.15) is 11.8 Å². The Hall–Kier alpha value is -3.31. The fraction of sp³-hybridized carbons (Fsp3) is 0.231. The molecule has 5 nitrogen and oxygen atoms in total. The third-order valence-corrected chi connectivity index (χ3v) is 5.51. The summed E-state index contributed by atoms with van der Waals surface area (Å²) in [4.78, 5) is 27.7. The Morgan fingerprint density at radius 1 is 0.906 bits per heavy atom. The van der Waals surface area contributed by atoms with Crippen LogP contribution < -0.4 is 10.1 Å². The Balaban J connectivity index is 1.70. The maximum Gasteiger partial charge on any atom is 0.242 e. The minimum absolute atomic E-state index is 0.122. The standard InChI is InChI=1S/C26H27ClN2O3/c1-19(26(31)28-17-21-10-14-24(32-2)15-11-21)29(18-22-6-4-3-5-7-22)25(30)16-20-8-12-23(27)13-9-20/h3-15,19H,16-18H2,1-2H3,(H,28,31)/t19-/m0/s1. The maximum absolute atomic E-state index is 13.2. The smallest absolute Gasteiger partial charge is 0.242 e. The van der Waals surface area contributed by atoms with E-state index >= 15 is 0 Å². The van der Waals surface area contributed by atoms with Gasteiger partial charge in [0.2, 0.25) is 11.8 Å². The number of hydrogen-bond donors (Lipinski definition) is 1. The van der Waals surface area contributed by atoms with E-state index in [1.807, 2.05) is 66.7 Å². The number of carbonyl (C=O) groups is 2. The Morgan fingerprint density at radius 2 is 1.53 bits per heavy atom. The molecule has 0 spiro atoms. The molecule has 0 fully saturated rings. The Labute approximate surface area is 194 Å². The largest absolute Gasteiger partial charge is 0.497 e. The van der Waals surface area contributed by atoms with Gasteiger partial charge in [0.15, 0.2) is 0 Å². The molecule has 0 radical (unpaired) electrons. The minimum atomic E-state index is -0.631. The van der Waals surface area contributed by atoms with Crippen molar-refractivity contribution in [1.82, 2.24) is 10.2 Å². The van der Waals surface area contributed by atoms with Crippen molar-refractivity contribution in [3.05, 3.63) is 101 Å². The zero-order chi connectivity index (χ0) is 22.9. The molecule has 6 heteroatoms. The molecule has 0 saturated heterocycles. The molecule has 0 aliphatic heterocycles. The van der Waals surface area contributed by atoms with Gasteiger partial charge in [0.25, 0.3) is 0 Å². The van der Waals surface area contributed by atoms with Gasteiger partial charge in [0, 0.05) is 18.1 Å². The third-order valence-electron chi connectivity index (χ3n) is 5.26. The molecule has 0 saturated carbocycles. The fourth-order valence-corrected chi connectivity index (χ4v) is 3.45. The predicted molar refractivity (Wildman–Crippen MR) is 126 cm³/mol. The first kappa shape index (κ1) is 23.4. The Kier molecular flexibility index (Phi) is 8.28. The van der Waals surface area contributed by atoms with Gasteiger partial charge in [-0.3, -0.25) is 9.59 Å². The molecular weight excluding hydrogens is 424 g/mol. The van der Waals surface area contributed by atoms with E-state index in [4.69, 9.17) is 16.3 Å². The summed E-state index contributed by atoms with van der Waals surface area (Å²) < 4.78 is 5.16. The van der Waals surface area contributed by atoms with Crippen molar-refractivity contribution in [3.8, 4) is 5.75 Å². The number of hydrogen-bond acceptors (Lipinski definition) is 3. The molecule has 166 valence electrons. The second-order valence-corrected chi connectivity index (χ2v) is 7.99. The van der Waals surface area contributed by atoms with Crippen molar-refractivity contribution >= 4 is 23.4 Å². The summed E-state index contributed by atoms with van der Waals surface area (Å²) in [7, 11) is 1.61. The van der Waals surface area contributed by atoms with Crippen LogP contribution in [0.2, 0.25) is 5.02 Å². The summed E-state index contributed by atoms with van der Waals surface area (Å²) in [5.74, 6) is 0.430. The first-order chi connectivity index (χ1) is 15.5. The van der Waals surface area contributed by atoms with E-state index in [0.717, 1.165) is 22.4 Å². The number of carbonyl (C=O) groups excluding carboxylic acids is 2. The third kappa shape index (κ3) is 6.59. The summed E-state index contributed by atoms with van der Waals surface area (Å²) in [5.41, 5.74) is 2.77. The first-order valence-corrected chi connectivity index (χ1v) is 10.8. The van der Waals surface area contributed by atoms with Crippen LogP contribution in [0.1, 0.15) is 23.6 Å². The summed E-state index contributed by atoms with van der Waals surface area (Å²) in [6, 6.07) is 23.7. The summed E-state index contributed by atoms with van der Waals surface area (Å²) >= 11 is 5.96. The number of nitrogens with one attached hydrogen (secondary N) is 1. The van der Waals surface area contributed by atoms with E-state index in [2.05, 4.69) is 5.32 Å². The van der Waals surface area contributed by atoms with E-state index in [-0.39, 0.29) is 18.2 Å². The highest BCUT2D eigenvalue weighted by Crippen LogP contribution is 2.15. The normalized spacial score (nSPS) is 11.5. The molecule has 0 aliphatic rings. The molecule has 32 heavy (non-hydrogen) atoms. The number of nitrogens with zero attached hydrogens (tertiary/aromatic N) is 1. The van der Waals surface area contributed by atoms with E-state index in [9.17, 15) is 9.59 Å². The Morgan fingerprint density at radius 3 is 2.16 bits per heavy atom. The lowest BCUT2D eigenvalue weighted by atomic mass is 10.1. The van der Waals surface area contributed by atoms with Crippen LogP contribution in [0.25, 0.3) is 0 Å². The van der Waals surface area contributed by atoms with Gasteiger partial charge in [-0.2, -0.15) is 0 Å². The number of halogens is 1. The molecule has 1 N–H and O–H groups in total. The topological polar surface area (TPSA) is 58.6 Å². The van der Waals surface area contributed by atoms with Gasteiger partial charge in [-0.15, -0.1) is 0 Å². The molecule has 0 heterocycles. The van der Waals surface area contributed by atoms with Crippen LogP contribution in [0.3, 0.4) is 0 Å². The molecule has 2 amide bonds. The van der Waals surface area contributed by atoms with E-state index in [1.165, 1.54) is 0 Å². The lowest BCUT2D eigenvalue weighted by molar-refractivity contribution is -0.140. The van der Waals surface area contributed by atoms with E-state index in [1.54, 1.807) is 31.1 Å².